The summed E-state index contributed by atoms with van der Waals surface area (Å²) in [6, 6.07) is 5.38. The van der Waals surface area contributed by atoms with Gasteiger partial charge in [0.2, 0.25) is 0 Å². The summed E-state index contributed by atoms with van der Waals surface area (Å²) in [7, 11) is 3.58. The summed E-state index contributed by atoms with van der Waals surface area (Å²) in [5.41, 5.74) is 7.19. The predicted molar refractivity (Wildman–Crippen MR) is 78.1 cm³/mol. The molecular weight excluding hydrogens is 258 g/mol. The van der Waals surface area contributed by atoms with Gasteiger partial charge in [-0.25, -0.2) is 0 Å². The van der Waals surface area contributed by atoms with Gasteiger partial charge in [0.1, 0.15) is 5.75 Å². The lowest BCUT2D eigenvalue weighted by Crippen LogP contribution is -2.23. The number of nitrogens with zero attached hydrogens (tertiary/aromatic N) is 2. The van der Waals surface area contributed by atoms with E-state index in [4.69, 9.17) is 15.7 Å². The molecule has 0 saturated carbocycles. The van der Waals surface area contributed by atoms with Gasteiger partial charge < -0.3 is 25.7 Å². The van der Waals surface area contributed by atoms with Crippen molar-refractivity contribution in [2.75, 3.05) is 20.7 Å². The third kappa shape index (κ3) is 4.71. The Morgan fingerprint density at radius 3 is 2.75 bits per heavy atom. The first kappa shape index (κ1) is 16.3. The maximum absolute atomic E-state index is 9.31. The minimum absolute atomic E-state index is 0.0699. The molecule has 0 aromatic heterocycles. The van der Waals surface area contributed by atoms with Crippen molar-refractivity contribution in [1.29, 1.82) is 0 Å². The van der Waals surface area contributed by atoms with Gasteiger partial charge >= 0.3 is 0 Å². The highest BCUT2D eigenvalue weighted by Crippen LogP contribution is 2.21. The van der Waals surface area contributed by atoms with Crippen LogP contribution in [0, 0.1) is 0 Å². The van der Waals surface area contributed by atoms with E-state index in [0.717, 1.165) is 17.9 Å². The van der Waals surface area contributed by atoms with Crippen molar-refractivity contribution in [3.05, 3.63) is 29.3 Å². The smallest absolute Gasteiger partial charge is 0.170 e. The van der Waals surface area contributed by atoms with Crippen LogP contribution >= 0.6 is 0 Å². The average Bonchev–Trinajstić information content (AvgIpc) is 2.44. The standard InChI is InChI=1S/C14H23N3O3/c1-10(18)6-7-17(2)9-12-8-11(14(15)16-19)4-5-13(12)20-3/h4-5,8,10,18-19H,6-7,9H2,1-3H3,(H2,15,16). The summed E-state index contributed by atoms with van der Waals surface area (Å²) in [6.07, 6.45) is 0.390. The Hall–Kier alpha value is -1.79. The molecule has 0 aliphatic carbocycles. The molecule has 1 unspecified atom stereocenters. The topological polar surface area (TPSA) is 91.3 Å². The highest BCUT2D eigenvalue weighted by atomic mass is 16.5. The number of methoxy groups -OCH3 is 1. The average molecular weight is 281 g/mol. The number of ether oxygens (including phenoxy) is 1. The summed E-state index contributed by atoms with van der Waals surface area (Å²) in [4.78, 5) is 2.08. The number of hydrogen-bond donors (Lipinski definition) is 3. The van der Waals surface area contributed by atoms with Gasteiger partial charge in [0.15, 0.2) is 5.84 Å². The summed E-state index contributed by atoms with van der Waals surface area (Å²) >= 11 is 0. The molecule has 4 N–H and O–H groups in total. The number of nitrogens with two attached hydrogens (primary N) is 1. The number of aliphatic hydroxyl groups is 1. The molecule has 0 radical (unpaired) electrons. The van der Waals surface area contributed by atoms with Gasteiger partial charge in [0.05, 0.1) is 13.2 Å². The van der Waals surface area contributed by atoms with Crippen LogP contribution in [0.3, 0.4) is 0 Å². The SMILES string of the molecule is COc1ccc(/C(N)=N/O)cc1CN(C)CCC(C)O. The maximum atomic E-state index is 9.31. The molecule has 6 heteroatoms. The number of aliphatic hydroxyl groups excluding tert-OH is 1. The Balaban J connectivity index is 2.85. The van der Waals surface area contributed by atoms with Crippen LogP contribution in [0.2, 0.25) is 0 Å². The van der Waals surface area contributed by atoms with E-state index < -0.39 is 0 Å². The largest absolute Gasteiger partial charge is 0.496 e. The van der Waals surface area contributed by atoms with Crippen LogP contribution in [0.1, 0.15) is 24.5 Å². The molecule has 0 aliphatic rings. The van der Waals surface area contributed by atoms with E-state index in [1.165, 1.54) is 0 Å². The number of oxime groups is 1. The molecule has 1 atom stereocenters. The molecule has 1 aromatic rings. The third-order valence-corrected chi connectivity index (χ3v) is 3.05. The zero-order valence-electron chi connectivity index (χ0n) is 12.2. The number of rotatable bonds is 7. The summed E-state index contributed by atoms with van der Waals surface area (Å²) in [5.74, 6) is 0.823. The maximum Gasteiger partial charge on any atom is 0.170 e. The van der Waals surface area contributed by atoms with Crippen molar-refractivity contribution in [1.82, 2.24) is 4.90 Å². The van der Waals surface area contributed by atoms with Gasteiger partial charge in [-0.05, 0) is 38.6 Å². The van der Waals surface area contributed by atoms with Crippen LogP contribution in [0.5, 0.6) is 5.75 Å². The van der Waals surface area contributed by atoms with Crippen molar-refractivity contribution in [2.45, 2.75) is 26.0 Å². The van der Waals surface area contributed by atoms with E-state index in [1.807, 2.05) is 13.1 Å². The first-order valence-corrected chi connectivity index (χ1v) is 6.49. The fourth-order valence-corrected chi connectivity index (χ4v) is 1.90. The highest BCUT2D eigenvalue weighted by molar-refractivity contribution is 5.97. The minimum Gasteiger partial charge on any atom is -0.496 e. The van der Waals surface area contributed by atoms with E-state index in [0.29, 0.717) is 18.5 Å². The van der Waals surface area contributed by atoms with Gasteiger partial charge in [-0.2, -0.15) is 0 Å². The van der Waals surface area contributed by atoms with E-state index in [2.05, 4.69) is 10.1 Å². The van der Waals surface area contributed by atoms with E-state index in [1.54, 1.807) is 26.2 Å². The number of hydrogen-bond acceptors (Lipinski definition) is 5. The molecule has 0 bridgehead atoms. The molecule has 0 heterocycles. The fourth-order valence-electron chi connectivity index (χ4n) is 1.90. The normalized spacial score (nSPS) is 13.6. The van der Waals surface area contributed by atoms with Crippen molar-refractivity contribution >= 4 is 5.84 Å². The van der Waals surface area contributed by atoms with Crippen LogP contribution in [0.4, 0.5) is 0 Å². The lowest BCUT2D eigenvalue weighted by Gasteiger charge is -2.19. The zero-order chi connectivity index (χ0) is 15.1. The first-order valence-electron chi connectivity index (χ1n) is 6.49. The van der Waals surface area contributed by atoms with Crippen LogP contribution in [0.15, 0.2) is 23.4 Å². The molecule has 0 fully saturated rings. The summed E-state index contributed by atoms with van der Waals surface area (Å²) < 4.78 is 5.32. The predicted octanol–water partition coefficient (Wildman–Crippen LogP) is 0.992. The molecule has 1 aromatic carbocycles. The van der Waals surface area contributed by atoms with E-state index in [-0.39, 0.29) is 11.9 Å². The lowest BCUT2D eigenvalue weighted by molar-refractivity contribution is 0.162. The second-order valence-corrected chi connectivity index (χ2v) is 4.89. The quantitative estimate of drug-likeness (QED) is 0.300. The summed E-state index contributed by atoms with van der Waals surface area (Å²) in [6.45, 7) is 3.20. The van der Waals surface area contributed by atoms with Gasteiger partial charge in [-0.15, -0.1) is 0 Å². The zero-order valence-corrected chi connectivity index (χ0v) is 12.2. The Labute approximate surface area is 119 Å². The molecule has 112 valence electrons. The van der Waals surface area contributed by atoms with E-state index >= 15 is 0 Å². The molecule has 0 amide bonds. The molecule has 0 saturated heterocycles. The van der Waals surface area contributed by atoms with Crippen molar-refractivity contribution in [3.8, 4) is 5.75 Å². The van der Waals surface area contributed by atoms with Crippen LogP contribution in [-0.4, -0.2) is 47.9 Å². The van der Waals surface area contributed by atoms with E-state index in [9.17, 15) is 5.11 Å². The summed E-state index contributed by atoms with van der Waals surface area (Å²) in [5, 5.41) is 21.0. The van der Waals surface area contributed by atoms with Gasteiger partial charge in [0.25, 0.3) is 0 Å². The number of benzene rings is 1. The fraction of sp³-hybridized carbons (Fsp3) is 0.500. The van der Waals surface area contributed by atoms with Crippen LogP contribution in [-0.2, 0) is 6.54 Å². The molecule has 0 spiro atoms. The Morgan fingerprint density at radius 1 is 1.50 bits per heavy atom. The number of amidine groups is 1. The van der Waals surface area contributed by atoms with Crippen molar-refractivity contribution in [3.63, 3.8) is 0 Å². The molecule has 0 aliphatic heterocycles. The minimum atomic E-state index is -0.317. The Bertz CT molecular complexity index is 461. The van der Waals surface area contributed by atoms with Crippen molar-refractivity contribution in [2.24, 2.45) is 10.9 Å². The first-order chi connectivity index (χ1) is 9.47. The Morgan fingerprint density at radius 2 is 2.20 bits per heavy atom. The third-order valence-electron chi connectivity index (χ3n) is 3.05. The lowest BCUT2D eigenvalue weighted by atomic mass is 10.1. The molecule has 20 heavy (non-hydrogen) atoms. The highest BCUT2D eigenvalue weighted by Gasteiger charge is 2.10. The van der Waals surface area contributed by atoms with Crippen LogP contribution in [0.25, 0.3) is 0 Å². The van der Waals surface area contributed by atoms with Crippen LogP contribution < -0.4 is 10.5 Å². The molecule has 1 rings (SSSR count). The second kappa shape index (κ2) is 7.72. The van der Waals surface area contributed by atoms with Crippen molar-refractivity contribution < 1.29 is 15.1 Å². The van der Waals surface area contributed by atoms with Gasteiger partial charge in [0, 0.05) is 24.2 Å². The molecule has 6 nitrogen and oxygen atoms in total. The second-order valence-electron chi connectivity index (χ2n) is 4.89. The molecular formula is C14H23N3O3. The monoisotopic (exact) mass is 281 g/mol. The van der Waals surface area contributed by atoms with Gasteiger partial charge in [-0.1, -0.05) is 5.16 Å². The Kier molecular flexibility index (Phi) is 6.27. The van der Waals surface area contributed by atoms with Gasteiger partial charge in [-0.3, -0.25) is 0 Å².